The van der Waals surface area contributed by atoms with Crippen LogP contribution in [0.1, 0.15) is 57.3 Å². The van der Waals surface area contributed by atoms with Crippen molar-refractivity contribution in [1.29, 1.82) is 0 Å². The molecule has 3 rings (SSSR count). The van der Waals surface area contributed by atoms with Crippen LogP contribution in [0.5, 0.6) is 0 Å². The molecule has 37 heavy (non-hydrogen) atoms. The SMILES string of the molecule is CN[C@@H](CC(C)C)C(=O)N1CC(=O)[C@@H]2[C@H]1CCN2C(=O)[C@H](CC(C)C)NC(=O)c1ccc(N(C)C)cc1. The van der Waals surface area contributed by atoms with Crippen LogP contribution in [0, 0.1) is 11.8 Å². The zero-order valence-corrected chi connectivity index (χ0v) is 23.3. The van der Waals surface area contributed by atoms with Crippen LogP contribution in [-0.4, -0.2) is 91.7 Å². The number of likely N-dealkylation sites (tertiary alicyclic amines) is 2. The smallest absolute Gasteiger partial charge is 0.251 e. The Morgan fingerprint density at radius 3 is 2.05 bits per heavy atom. The first-order valence-corrected chi connectivity index (χ1v) is 13.3. The minimum absolute atomic E-state index is 0.0215. The van der Waals surface area contributed by atoms with E-state index in [4.69, 9.17) is 0 Å². The number of anilines is 1. The lowest BCUT2D eigenvalue weighted by Crippen LogP contribution is -2.53. The number of Topliss-reactive ketones (excluding diaryl/α,β-unsaturated/α-hetero) is 1. The molecule has 0 unspecified atom stereocenters. The molecule has 2 saturated heterocycles. The summed E-state index contributed by atoms with van der Waals surface area (Å²) in [6.07, 6.45) is 1.69. The number of fused-ring (bicyclic) bond motifs is 1. The molecule has 4 atom stereocenters. The molecule has 2 aliphatic rings. The summed E-state index contributed by atoms with van der Waals surface area (Å²) >= 11 is 0. The molecule has 0 saturated carbocycles. The first kappa shape index (κ1) is 28.6. The third-order valence-electron chi connectivity index (χ3n) is 7.30. The Bertz CT molecular complexity index is 991. The summed E-state index contributed by atoms with van der Waals surface area (Å²) in [5, 5.41) is 6.01. The fourth-order valence-corrected chi connectivity index (χ4v) is 5.42. The predicted octanol–water partition coefficient (Wildman–Crippen LogP) is 1.91. The van der Waals surface area contributed by atoms with Gasteiger partial charge in [-0.25, -0.2) is 0 Å². The first-order valence-electron chi connectivity index (χ1n) is 13.3. The number of amides is 3. The normalized spacial score (nSPS) is 20.8. The van der Waals surface area contributed by atoms with Gasteiger partial charge in [0.05, 0.1) is 18.6 Å². The standard InChI is InChI=1S/C28H43N5O4/c1-17(2)14-21(29-5)27(36)33-16-24(34)25-23(33)12-13-32(25)28(37)22(15-18(3)4)30-26(35)19-8-10-20(11-9-19)31(6)7/h8-11,17-18,21-23,25,29H,12-16H2,1-7H3,(H,30,35)/t21-,22-,23+,25-/m0/s1. The Morgan fingerprint density at radius 2 is 1.51 bits per heavy atom. The fraction of sp³-hybridized carbons (Fsp3) is 0.643. The number of hydrogen-bond acceptors (Lipinski definition) is 6. The van der Waals surface area contributed by atoms with Gasteiger partial charge in [0.1, 0.15) is 12.1 Å². The van der Waals surface area contributed by atoms with Crippen LogP contribution in [0.4, 0.5) is 5.69 Å². The molecule has 2 aliphatic heterocycles. The van der Waals surface area contributed by atoms with Crippen LogP contribution >= 0.6 is 0 Å². The van der Waals surface area contributed by atoms with E-state index >= 15 is 0 Å². The van der Waals surface area contributed by atoms with Gasteiger partial charge in [-0.15, -0.1) is 0 Å². The van der Waals surface area contributed by atoms with E-state index in [1.807, 2.05) is 45.0 Å². The van der Waals surface area contributed by atoms with E-state index in [2.05, 4.69) is 24.5 Å². The number of ketones is 1. The molecule has 9 nitrogen and oxygen atoms in total. The van der Waals surface area contributed by atoms with Gasteiger partial charge < -0.3 is 25.3 Å². The highest BCUT2D eigenvalue weighted by atomic mass is 16.2. The second-order valence-corrected chi connectivity index (χ2v) is 11.3. The van der Waals surface area contributed by atoms with Crippen LogP contribution in [0.3, 0.4) is 0 Å². The Hall–Kier alpha value is -2.94. The van der Waals surface area contributed by atoms with Gasteiger partial charge in [-0.3, -0.25) is 19.2 Å². The molecule has 3 amide bonds. The van der Waals surface area contributed by atoms with E-state index < -0.39 is 12.1 Å². The Kier molecular flexibility index (Phi) is 9.34. The second-order valence-electron chi connectivity index (χ2n) is 11.3. The zero-order valence-electron chi connectivity index (χ0n) is 23.3. The molecule has 0 radical (unpaired) electrons. The van der Waals surface area contributed by atoms with Gasteiger partial charge in [-0.05, 0) is 62.4 Å². The van der Waals surface area contributed by atoms with Gasteiger partial charge in [0, 0.05) is 31.9 Å². The molecule has 2 N–H and O–H groups in total. The summed E-state index contributed by atoms with van der Waals surface area (Å²) < 4.78 is 0. The summed E-state index contributed by atoms with van der Waals surface area (Å²) in [7, 11) is 5.62. The molecule has 2 heterocycles. The van der Waals surface area contributed by atoms with E-state index in [1.165, 1.54) is 0 Å². The molecular formula is C28H43N5O4. The number of likely N-dealkylation sites (N-methyl/N-ethyl adjacent to an activating group) is 1. The van der Waals surface area contributed by atoms with Crippen molar-refractivity contribution >= 4 is 29.2 Å². The monoisotopic (exact) mass is 513 g/mol. The summed E-state index contributed by atoms with van der Waals surface area (Å²) in [6.45, 7) is 8.53. The number of hydrogen-bond donors (Lipinski definition) is 2. The molecule has 1 aromatic rings. The maximum Gasteiger partial charge on any atom is 0.251 e. The van der Waals surface area contributed by atoms with Crippen LogP contribution in [0.2, 0.25) is 0 Å². The van der Waals surface area contributed by atoms with Gasteiger partial charge in [0.2, 0.25) is 11.8 Å². The second kappa shape index (κ2) is 12.1. The number of carbonyl (C=O) groups is 4. The van der Waals surface area contributed by atoms with Crippen molar-refractivity contribution in [3.63, 3.8) is 0 Å². The number of carbonyl (C=O) groups excluding carboxylic acids is 4. The molecule has 9 heteroatoms. The van der Waals surface area contributed by atoms with Crippen molar-refractivity contribution in [3.8, 4) is 0 Å². The summed E-state index contributed by atoms with van der Waals surface area (Å²) in [5.41, 5.74) is 1.45. The van der Waals surface area contributed by atoms with E-state index in [0.717, 1.165) is 5.69 Å². The highest BCUT2D eigenvalue weighted by Gasteiger charge is 2.52. The lowest BCUT2D eigenvalue weighted by molar-refractivity contribution is -0.138. The summed E-state index contributed by atoms with van der Waals surface area (Å²) in [6, 6.07) is 5.13. The lowest BCUT2D eigenvalue weighted by Gasteiger charge is -2.30. The average molecular weight is 514 g/mol. The largest absolute Gasteiger partial charge is 0.378 e. The van der Waals surface area contributed by atoms with Gasteiger partial charge in [-0.1, -0.05) is 27.7 Å². The molecule has 0 aliphatic carbocycles. The van der Waals surface area contributed by atoms with Crippen molar-refractivity contribution in [1.82, 2.24) is 20.4 Å². The molecule has 2 fully saturated rings. The molecule has 0 aromatic heterocycles. The number of nitrogens with one attached hydrogen (secondary N) is 2. The average Bonchev–Trinajstić information content (AvgIpc) is 3.42. The molecule has 0 spiro atoms. The molecule has 204 valence electrons. The first-order chi connectivity index (χ1) is 17.4. The molecule has 0 bridgehead atoms. The third kappa shape index (κ3) is 6.50. The zero-order chi connectivity index (χ0) is 27.4. The fourth-order valence-electron chi connectivity index (χ4n) is 5.42. The van der Waals surface area contributed by atoms with E-state index in [-0.39, 0.29) is 48.1 Å². The Balaban J connectivity index is 1.75. The van der Waals surface area contributed by atoms with Crippen molar-refractivity contribution in [2.24, 2.45) is 11.8 Å². The van der Waals surface area contributed by atoms with Crippen molar-refractivity contribution in [3.05, 3.63) is 29.8 Å². The Labute approximate surface area is 220 Å². The highest BCUT2D eigenvalue weighted by molar-refractivity contribution is 6.01. The number of rotatable bonds is 10. The van der Waals surface area contributed by atoms with E-state index in [1.54, 1.807) is 29.0 Å². The minimum atomic E-state index is -0.747. The summed E-state index contributed by atoms with van der Waals surface area (Å²) in [4.78, 5) is 58.3. The van der Waals surface area contributed by atoms with Crippen LogP contribution < -0.4 is 15.5 Å². The van der Waals surface area contributed by atoms with E-state index in [9.17, 15) is 19.2 Å². The maximum absolute atomic E-state index is 13.7. The quantitative estimate of drug-likeness (QED) is 0.496. The Morgan fingerprint density at radius 1 is 0.946 bits per heavy atom. The number of benzene rings is 1. The third-order valence-corrected chi connectivity index (χ3v) is 7.30. The topological polar surface area (TPSA) is 102 Å². The lowest BCUT2D eigenvalue weighted by atomic mass is 10.0. The van der Waals surface area contributed by atoms with E-state index in [0.29, 0.717) is 37.3 Å². The van der Waals surface area contributed by atoms with Crippen LogP contribution in [0.15, 0.2) is 24.3 Å². The van der Waals surface area contributed by atoms with Gasteiger partial charge in [-0.2, -0.15) is 0 Å². The number of nitrogens with zero attached hydrogens (tertiary/aromatic N) is 3. The van der Waals surface area contributed by atoms with Gasteiger partial charge in [0.25, 0.3) is 5.91 Å². The van der Waals surface area contributed by atoms with Crippen molar-refractivity contribution in [2.75, 3.05) is 39.1 Å². The molecular weight excluding hydrogens is 470 g/mol. The van der Waals surface area contributed by atoms with Gasteiger partial charge >= 0.3 is 0 Å². The van der Waals surface area contributed by atoms with Crippen molar-refractivity contribution in [2.45, 2.75) is 71.1 Å². The van der Waals surface area contributed by atoms with Crippen LogP contribution in [0.25, 0.3) is 0 Å². The predicted molar refractivity (Wildman–Crippen MR) is 144 cm³/mol. The summed E-state index contributed by atoms with van der Waals surface area (Å²) in [5.74, 6) is -0.281. The van der Waals surface area contributed by atoms with Crippen LogP contribution in [-0.2, 0) is 14.4 Å². The molecule has 1 aromatic carbocycles. The van der Waals surface area contributed by atoms with Gasteiger partial charge in [0.15, 0.2) is 5.78 Å². The minimum Gasteiger partial charge on any atom is -0.378 e. The maximum atomic E-state index is 13.7. The van der Waals surface area contributed by atoms with Crippen molar-refractivity contribution < 1.29 is 19.2 Å². The highest BCUT2D eigenvalue weighted by Crippen LogP contribution is 2.31.